The Kier molecular flexibility index (Phi) is 5.25. The molecule has 0 aliphatic heterocycles. The number of hydrogen-bond donors (Lipinski definition) is 1. The second-order valence-corrected chi connectivity index (χ2v) is 7.14. The standard InChI is InChI=1S/C15H22N4O3S/c1-15(2,3)22-14(20)19(4)8-5-9-21-11-7-6-10-12(18-11)23-13(16)17-10/h6-7H,5,8-9H2,1-4H3,(H2,16,17). The van der Waals surface area contributed by atoms with Crippen LogP contribution in [0.25, 0.3) is 10.3 Å². The van der Waals surface area contributed by atoms with Gasteiger partial charge in [0.25, 0.3) is 0 Å². The highest BCUT2D eigenvalue weighted by atomic mass is 32.1. The number of nitrogens with zero attached hydrogens (tertiary/aromatic N) is 3. The molecule has 0 aliphatic rings. The van der Waals surface area contributed by atoms with Crippen LogP contribution in [0.3, 0.4) is 0 Å². The number of thiazole rings is 1. The molecule has 0 radical (unpaired) electrons. The van der Waals surface area contributed by atoms with Crippen molar-refractivity contribution in [1.29, 1.82) is 0 Å². The number of rotatable bonds is 5. The number of carbonyl (C=O) groups is 1. The number of pyridine rings is 1. The minimum Gasteiger partial charge on any atom is -0.478 e. The first-order valence-electron chi connectivity index (χ1n) is 7.34. The van der Waals surface area contributed by atoms with E-state index in [-0.39, 0.29) is 6.09 Å². The van der Waals surface area contributed by atoms with Crippen LogP contribution >= 0.6 is 11.3 Å². The summed E-state index contributed by atoms with van der Waals surface area (Å²) in [5.41, 5.74) is 5.92. The largest absolute Gasteiger partial charge is 0.478 e. The van der Waals surface area contributed by atoms with Gasteiger partial charge in [0.15, 0.2) is 5.13 Å². The average Bonchev–Trinajstić information content (AvgIpc) is 2.80. The van der Waals surface area contributed by atoms with E-state index in [4.69, 9.17) is 15.2 Å². The predicted molar refractivity (Wildman–Crippen MR) is 90.8 cm³/mol. The lowest BCUT2D eigenvalue weighted by Crippen LogP contribution is -2.35. The number of hydrogen-bond acceptors (Lipinski definition) is 7. The van der Waals surface area contributed by atoms with Crippen molar-refractivity contribution in [3.8, 4) is 5.88 Å². The van der Waals surface area contributed by atoms with Gasteiger partial charge in [-0.1, -0.05) is 11.3 Å². The van der Waals surface area contributed by atoms with E-state index < -0.39 is 5.60 Å². The van der Waals surface area contributed by atoms with Crippen molar-refractivity contribution in [2.45, 2.75) is 32.8 Å². The van der Waals surface area contributed by atoms with Crippen LogP contribution in [0.2, 0.25) is 0 Å². The fourth-order valence-corrected chi connectivity index (χ4v) is 2.50. The van der Waals surface area contributed by atoms with Crippen molar-refractivity contribution in [1.82, 2.24) is 14.9 Å². The van der Waals surface area contributed by atoms with Crippen LogP contribution in [-0.4, -0.2) is 46.8 Å². The highest BCUT2D eigenvalue weighted by Gasteiger charge is 2.19. The maximum absolute atomic E-state index is 11.8. The van der Waals surface area contributed by atoms with E-state index in [9.17, 15) is 4.79 Å². The van der Waals surface area contributed by atoms with E-state index >= 15 is 0 Å². The van der Waals surface area contributed by atoms with E-state index in [0.29, 0.717) is 30.6 Å². The molecule has 7 nitrogen and oxygen atoms in total. The summed E-state index contributed by atoms with van der Waals surface area (Å²) in [7, 11) is 1.71. The number of fused-ring (bicyclic) bond motifs is 1. The fraction of sp³-hybridized carbons (Fsp3) is 0.533. The van der Waals surface area contributed by atoms with E-state index in [1.165, 1.54) is 16.2 Å². The number of nitrogen functional groups attached to an aromatic ring is 1. The highest BCUT2D eigenvalue weighted by Crippen LogP contribution is 2.23. The van der Waals surface area contributed by atoms with Gasteiger partial charge in [0.2, 0.25) is 5.88 Å². The van der Waals surface area contributed by atoms with Gasteiger partial charge < -0.3 is 20.1 Å². The summed E-state index contributed by atoms with van der Waals surface area (Å²) in [6.07, 6.45) is 0.345. The lowest BCUT2D eigenvalue weighted by atomic mass is 10.2. The lowest BCUT2D eigenvalue weighted by molar-refractivity contribution is 0.0292. The summed E-state index contributed by atoms with van der Waals surface area (Å²) in [6, 6.07) is 3.59. The zero-order valence-electron chi connectivity index (χ0n) is 13.8. The molecule has 23 heavy (non-hydrogen) atoms. The maximum Gasteiger partial charge on any atom is 0.410 e. The molecule has 0 aliphatic carbocycles. The van der Waals surface area contributed by atoms with Gasteiger partial charge in [0.05, 0.1) is 6.61 Å². The van der Waals surface area contributed by atoms with Crippen molar-refractivity contribution in [2.24, 2.45) is 0 Å². The van der Waals surface area contributed by atoms with Gasteiger partial charge >= 0.3 is 6.09 Å². The molecule has 2 aromatic heterocycles. The Morgan fingerprint density at radius 2 is 2.09 bits per heavy atom. The first kappa shape index (κ1) is 17.3. The lowest BCUT2D eigenvalue weighted by Gasteiger charge is -2.24. The normalized spacial score (nSPS) is 11.5. The van der Waals surface area contributed by atoms with Crippen molar-refractivity contribution in [3.05, 3.63) is 12.1 Å². The molecule has 0 atom stereocenters. The molecule has 2 rings (SSSR count). The summed E-state index contributed by atoms with van der Waals surface area (Å²) in [5.74, 6) is 0.529. The Morgan fingerprint density at radius 1 is 1.35 bits per heavy atom. The van der Waals surface area contributed by atoms with Crippen LogP contribution in [-0.2, 0) is 4.74 Å². The Balaban J connectivity index is 1.76. The smallest absolute Gasteiger partial charge is 0.410 e. The Labute approximate surface area is 139 Å². The molecule has 2 aromatic rings. The highest BCUT2D eigenvalue weighted by molar-refractivity contribution is 7.21. The molecule has 0 unspecified atom stereocenters. The van der Waals surface area contributed by atoms with Gasteiger partial charge in [0, 0.05) is 19.7 Å². The quantitative estimate of drug-likeness (QED) is 0.843. The van der Waals surface area contributed by atoms with Crippen LogP contribution < -0.4 is 10.5 Å². The molecule has 0 bridgehead atoms. The molecule has 2 N–H and O–H groups in total. The van der Waals surface area contributed by atoms with Crippen LogP contribution in [0.5, 0.6) is 5.88 Å². The van der Waals surface area contributed by atoms with Crippen molar-refractivity contribution >= 4 is 32.9 Å². The predicted octanol–water partition coefficient (Wildman–Crippen LogP) is 2.91. The zero-order chi connectivity index (χ0) is 17.0. The van der Waals surface area contributed by atoms with Crippen LogP contribution in [0.15, 0.2) is 12.1 Å². The maximum atomic E-state index is 11.8. The third-order valence-electron chi connectivity index (χ3n) is 2.84. The molecule has 2 heterocycles. The summed E-state index contributed by atoms with van der Waals surface area (Å²) in [5, 5.41) is 0.489. The van der Waals surface area contributed by atoms with E-state index in [1.807, 2.05) is 26.8 Å². The third-order valence-corrected chi connectivity index (χ3v) is 3.63. The Hall–Kier alpha value is -2.09. The van der Waals surface area contributed by atoms with E-state index in [1.54, 1.807) is 13.1 Å². The number of aromatic nitrogens is 2. The molecule has 0 saturated heterocycles. The number of amides is 1. The fourth-order valence-electron chi connectivity index (χ4n) is 1.81. The minimum absolute atomic E-state index is 0.336. The Bertz CT molecular complexity index is 681. The van der Waals surface area contributed by atoms with E-state index in [2.05, 4.69) is 9.97 Å². The molecule has 0 spiro atoms. The first-order chi connectivity index (χ1) is 10.7. The topological polar surface area (TPSA) is 90.6 Å². The third kappa shape index (κ3) is 5.24. The van der Waals surface area contributed by atoms with Gasteiger partial charge in [0.1, 0.15) is 15.9 Å². The van der Waals surface area contributed by atoms with Crippen molar-refractivity contribution in [3.63, 3.8) is 0 Å². The van der Waals surface area contributed by atoms with Crippen LogP contribution in [0.4, 0.5) is 9.93 Å². The second kappa shape index (κ2) is 6.99. The molecular formula is C15H22N4O3S. The summed E-state index contributed by atoms with van der Waals surface area (Å²) in [6.45, 7) is 6.53. The van der Waals surface area contributed by atoms with E-state index in [0.717, 1.165) is 10.3 Å². The summed E-state index contributed by atoms with van der Waals surface area (Å²) in [4.78, 5) is 22.6. The molecule has 8 heteroatoms. The van der Waals surface area contributed by atoms with Gasteiger partial charge in [-0.2, -0.15) is 0 Å². The number of ether oxygens (including phenoxy) is 2. The molecule has 1 amide bonds. The minimum atomic E-state index is -0.488. The summed E-state index contributed by atoms with van der Waals surface area (Å²) >= 11 is 1.33. The monoisotopic (exact) mass is 338 g/mol. The molecule has 0 fully saturated rings. The molecule has 0 saturated carbocycles. The van der Waals surface area contributed by atoms with Gasteiger partial charge in [-0.05, 0) is 33.3 Å². The van der Waals surface area contributed by atoms with Gasteiger partial charge in [-0.15, -0.1) is 0 Å². The number of carbonyl (C=O) groups excluding carboxylic acids is 1. The molecule has 126 valence electrons. The molecule has 0 aromatic carbocycles. The van der Waals surface area contributed by atoms with Crippen molar-refractivity contribution < 1.29 is 14.3 Å². The zero-order valence-corrected chi connectivity index (χ0v) is 14.6. The Morgan fingerprint density at radius 3 is 2.78 bits per heavy atom. The SMILES string of the molecule is CN(CCCOc1ccc2nc(N)sc2n1)C(=O)OC(C)(C)C. The molecular weight excluding hydrogens is 316 g/mol. The van der Waals surface area contributed by atoms with Crippen molar-refractivity contribution in [2.75, 3.05) is 25.9 Å². The van der Waals surface area contributed by atoms with Gasteiger partial charge in [-0.3, -0.25) is 0 Å². The summed E-state index contributed by atoms with van der Waals surface area (Å²) < 4.78 is 10.9. The average molecular weight is 338 g/mol. The second-order valence-electron chi connectivity index (χ2n) is 6.13. The van der Waals surface area contributed by atoms with Gasteiger partial charge in [-0.25, -0.2) is 14.8 Å². The van der Waals surface area contributed by atoms with Crippen LogP contribution in [0.1, 0.15) is 27.2 Å². The first-order valence-corrected chi connectivity index (χ1v) is 8.16. The number of nitrogens with two attached hydrogens (primary N) is 1. The van der Waals surface area contributed by atoms with Crippen LogP contribution in [0, 0.1) is 0 Å². The number of anilines is 1.